The highest BCUT2D eigenvalue weighted by molar-refractivity contribution is 6.03. The topological polar surface area (TPSA) is 48.3 Å². The van der Waals surface area contributed by atoms with Gasteiger partial charge in [0, 0.05) is 42.5 Å². The monoisotopic (exact) mass is 456 g/mol. The van der Waals surface area contributed by atoms with Crippen LogP contribution in [0.25, 0.3) is 29.9 Å². The molecule has 0 spiro atoms. The molecule has 0 aliphatic carbocycles. The molecule has 0 unspecified atom stereocenters. The SMILES string of the molecule is C=c1c(-c2ccccc2C(=O)N(CC)CC)c2c(c(=C/C)/c1=C\C=C/C)=NC(N(CC)CC)=N2. The molecule has 1 aliphatic heterocycles. The minimum absolute atomic E-state index is 0.0155. The first-order valence-electron chi connectivity index (χ1n) is 12.2. The normalized spacial score (nSPS) is 13.8. The molecule has 1 aliphatic rings. The number of hydrogen-bond donors (Lipinski definition) is 0. The molecule has 2 aromatic rings. The van der Waals surface area contributed by atoms with Crippen molar-refractivity contribution in [1.29, 1.82) is 0 Å². The predicted octanol–water partition coefficient (Wildman–Crippen LogP) is 3.37. The van der Waals surface area contributed by atoms with Crippen LogP contribution in [0.5, 0.6) is 0 Å². The molecule has 0 saturated heterocycles. The van der Waals surface area contributed by atoms with Gasteiger partial charge in [0.25, 0.3) is 5.91 Å². The molecule has 0 atom stereocenters. The van der Waals surface area contributed by atoms with Crippen LogP contribution in [-0.2, 0) is 0 Å². The van der Waals surface area contributed by atoms with Crippen molar-refractivity contribution in [2.75, 3.05) is 26.2 Å². The van der Waals surface area contributed by atoms with Crippen molar-refractivity contribution in [3.05, 3.63) is 63.0 Å². The number of rotatable bonds is 7. The van der Waals surface area contributed by atoms with Crippen molar-refractivity contribution in [2.24, 2.45) is 9.98 Å². The lowest BCUT2D eigenvalue weighted by Gasteiger charge is -2.21. The summed E-state index contributed by atoms with van der Waals surface area (Å²) in [6.07, 6.45) is 8.16. The maximum absolute atomic E-state index is 13.5. The van der Waals surface area contributed by atoms with E-state index in [1.54, 1.807) is 0 Å². The summed E-state index contributed by atoms with van der Waals surface area (Å²) >= 11 is 0. The van der Waals surface area contributed by atoms with E-state index in [0.29, 0.717) is 24.6 Å². The molecule has 0 N–H and O–H groups in total. The third-order valence-electron chi connectivity index (χ3n) is 6.32. The fourth-order valence-electron chi connectivity index (χ4n) is 4.44. The Balaban J connectivity index is 2.48. The quantitative estimate of drug-likeness (QED) is 0.641. The Bertz CT molecular complexity index is 1360. The molecule has 1 heterocycles. The molecule has 5 nitrogen and oxygen atoms in total. The maximum atomic E-state index is 13.5. The molecule has 3 rings (SSSR count). The fraction of sp³-hybridized carbons (Fsp3) is 0.345. The molecular weight excluding hydrogens is 420 g/mol. The van der Waals surface area contributed by atoms with E-state index in [0.717, 1.165) is 50.9 Å². The van der Waals surface area contributed by atoms with E-state index in [4.69, 9.17) is 9.98 Å². The zero-order chi connectivity index (χ0) is 24.8. The molecule has 0 radical (unpaired) electrons. The van der Waals surface area contributed by atoms with Crippen LogP contribution >= 0.6 is 0 Å². The Morgan fingerprint density at radius 3 is 2.24 bits per heavy atom. The van der Waals surface area contributed by atoms with Crippen LogP contribution < -0.4 is 21.0 Å². The average molecular weight is 457 g/mol. The Morgan fingerprint density at radius 2 is 1.65 bits per heavy atom. The summed E-state index contributed by atoms with van der Waals surface area (Å²) in [5, 5.41) is 3.71. The van der Waals surface area contributed by atoms with E-state index in [1.807, 2.05) is 69.0 Å². The lowest BCUT2D eigenvalue weighted by molar-refractivity contribution is 0.0774. The molecule has 0 aromatic heterocycles. The fourth-order valence-corrected chi connectivity index (χ4v) is 4.44. The van der Waals surface area contributed by atoms with Gasteiger partial charge in [-0.3, -0.25) is 4.79 Å². The second-order valence-electron chi connectivity index (χ2n) is 8.08. The van der Waals surface area contributed by atoms with E-state index in [9.17, 15) is 4.79 Å². The van der Waals surface area contributed by atoms with Gasteiger partial charge in [-0.25, -0.2) is 9.98 Å². The summed E-state index contributed by atoms with van der Waals surface area (Å²) in [6, 6.07) is 7.79. The zero-order valence-electron chi connectivity index (χ0n) is 21.4. The number of aliphatic imine (C=N–C) groups is 1. The third-order valence-corrected chi connectivity index (χ3v) is 6.32. The van der Waals surface area contributed by atoms with E-state index >= 15 is 0 Å². The number of guanidine groups is 1. The van der Waals surface area contributed by atoms with E-state index in [-0.39, 0.29) is 5.91 Å². The van der Waals surface area contributed by atoms with Crippen LogP contribution in [0, 0.1) is 0 Å². The molecule has 5 heteroatoms. The Kier molecular flexibility index (Phi) is 8.21. The molecule has 1 amide bonds. The molecule has 0 saturated carbocycles. The van der Waals surface area contributed by atoms with E-state index < -0.39 is 0 Å². The number of amides is 1. The van der Waals surface area contributed by atoms with Crippen LogP contribution in [0.4, 0.5) is 5.69 Å². The van der Waals surface area contributed by atoms with Crippen molar-refractivity contribution in [3.63, 3.8) is 0 Å². The summed E-state index contributed by atoms with van der Waals surface area (Å²) in [6.45, 7) is 19.7. The van der Waals surface area contributed by atoms with Gasteiger partial charge in [0.05, 0.1) is 0 Å². The first kappa shape index (κ1) is 25.2. The molecule has 178 valence electrons. The molecule has 0 bridgehead atoms. The smallest absolute Gasteiger partial charge is 0.254 e. The lowest BCUT2D eigenvalue weighted by atomic mass is 9.93. The molecule has 34 heavy (non-hydrogen) atoms. The maximum Gasteiger partial charge on any atom is 0.254 e. The number of nitrogens with zero attached hydrogens (tertiary/aromatic N) is 4. The van der Waals surface area contributed by atoms with Gasteiger partial charge in [-0.1, -0.05) is 49.1 Å². The van der Waals surface area contributed by atoms with Crippen molar-refractivity contribution < 1.29 is 4.79 Å². The molecule has 2 aromatic carbocycles. The Morgan fingerprint density at radius 1 is 0.971 bits per heavy atom. The summed E-state index contributed by atoms with van der Waals surface area (Å²) in [7, 11) is 0. The number of allylic oxidation sites excluding steroid dienone is 2. The molecule has 0 fully saturated rings. The summed E-state index contributed by atoms with van der Waals surface area (Å²) in [5.41, 5.74) is 3.17. The van der Waals surface area contributed by atoms with Gasteiger partial charge in [0.1, 0.15) is 11.0 Å². The third kappa shape index (κ3) is 4.47. The number of fused-ring (bicyclic) bond motifs is 1. The van der Waals surface area contributed by atoms with Crippen LogP contribution in [0.2, 0.25) is 0 Å². The van der Waals surface area contributed by atoms with Gasteiger partial charge >= 0.3 is 0 Å². The highest BCUT2D eigenvalue weighted by atomic mass is 16.2. The molecular formula is C29H36N4O. The number of carbonyl (C=O) groups excluding carboxylic acids is 1. The largest absolute Gasteiger partial charge is 0.341 e. The minimum atomic E-state index is 0.0155. The van der Waals surface area contributed by atoms with Gasteiger partial charge < -0.3 is 9.80 Å². The van der Waals surface area contributed by atoms with Gasteiger partial charge in [-0.05, 0) is 63.6 Å². The van der Waals surface area contributed by atoms with Crippen LogP contribution in [0.1, 0.15) is 51.9 Å². The van der Waals surface area contributed by atoms with Crippen LogP contribution in [0.3, 0.4) is 0 Å². The second kappa shape index (κ2) is 11.1. The van der Waals surface area contributed by atoms with Gasteiger partial charge in [-0.15, -0.1) is 0 Å². The number of carbonyl (C=O) groups is 1. The van der Waals surface area contributed by atoms with Crippen molar-refractivity contribution in [2.45, 2.75) is 41.5 Å². The average Bonchev–Trinajstić information content (AvgIpc) is 3.28. The van der Waals surface area contributed by atoms with Crippen LogP contribution in [-0.4, -0.2) is 47.8 Å². The number of benzene rings is 2. The first-order valence-corrected chi connectivity index (χ1v) is 12.2. The first-order chi connectivity index (χ1) is 16.5. The summed E-state index contributed by atoms with van der Waals surface area (Å²) in [5.74, 6) is 0.723. The van der Waals surface area contributed by atoms with Crippen LogP contribution in [0.15, 0.2) is 46.4 Å². The second-order valence-corrected chi connectivity index (χ2v) is 8.08. The minimum Gasteiger partial charge on any atom is -0.341 e. The predicted molar refractivity (Wildman–Crippen MR) is 144 cm³/mol. The Hall–Kier alpha value is -3.47. The van der Waals surface area contributed by atoms with Crippen molar-refractivity contribution in [3.8, 4) is 11.1 Å². The summed E-state index contributed by atoms with van der Waals surface area (Å²) < 4.78 is 0. The van der Waals surface area contributed by atoms with E-state index in [1.165, 1.54) is 0 Å². The zero-order valence-corrected chi connectivity index (χ0v) is 21.4. The van der Waals surface area contributed by atoms with E-state index in [2.05, 4.69) is 37.5 Å². The number of hydrogen-bond acceptors (Lipinski definition) is 4. The van der Waals surface area contributed by atoms with Crippen molar-refractivity contribution >= 4 is 36.3 Å². The van der Waals surface area contributed by atoms with Gasteiger partial charge in [-0.2, -0.15) is 0 Å². The Labute approximate surface area is 202 Å². The van der Waals surface area contributed by atoms with Gasteiger partial charge in [0.2, 0.25) is 5.96 Å². The highest BCUT2D eigenvalue weighted by Gasteiger charge is 2.24. The standard InChI is InChI=1S/C29H36N4O/c1-8-14-17-22-20(7)25(23-18-15-16-19-24(23)28(34)32(10-3)11-4)27-26(21(22)9-2)30-29(31-27)33(12-5)13-6/h8-9,14-19H,7,10-13H2,1-6H3/b14-8-,21-9+,22-17-. The van der Waals surface area contributed by atoms with Crippen molar-refractivity contribution in [1.82, 2.24) is 9.80 Å². The summed E-state index contributed by atoms with van der Waals surface area (Å²) in [4.78, 5) is 27.4. The lowest BCUT2D eigenvalue weighted by Crippen LogP contribution is -2.48. The highest BCUT2D eigenvalue weighted by Crippen LogP contribution is 2.29. The van der Waals surface area contributed by atoms with Gasteiger partial charge in [0.15, 0.2) is 0 Å².